The molecule has 3 heterocycles. The molecule has 10 heteroatoms. The molecular weight excluding hydrogens is 525 g/mol. The molecule has 1 atom stereocenters. The Hall–Kier alpha value is -2.58. The van der Waals surface area contributed by atoms with Crippen LogP contribution < -0.4 is 5.32 Å². The summed E-state index contributed by atoms with van der Waals surface area (Å²) in [5, 5.41) is 3.68. The molecule has 2 amide bonds. The third-order valence-corrected chi connectivity index (χ3v) is 6.92. The number of hydrogen-bond acceptors (Lipinski definition) is 6. The summed E-state index contributed by atoms with van der Waals surface area (Å²) in [6.07, 6.45) is 1.38. The molecule has 2 aromatic rings. The highest BCUT2D eigenvalue weighted by Crippen LogP contribution is 2.35. The first-order valence-corrected chi connectivity index (χ1v) is 13.6. The van der Waals surface area contributed by atoms with Gasteiger partial charge in [0.1, 0.15) is 22.1 Å². The number of halogens is 2. The van der Waals surface area contributed by atoms with Gasteiger partial charge in [-0.1, -0.05) is 57.8 Å². The van der Waals surface area contributed by atoms with E-state index in [0.717, 1.165) is 16.9 Å². The average Bonchev–Trinajstić information content (AvgIpc) is 2.77. The first-order valence-electron chi connectivity index (χ1n) is 12.9. The van der Waals surface area contributed by atoms with Gasteiger partial charge in [0.15, 0.2) is 0 Å². The molecule has 0 saturated carbocycles. The largest absolute Gasteiger partial charge is 0.444 e. The summed E-state index contributed by atoms with van der Waals surface area (Å²) in [6, 6.07) is 3.10. The number of rotatable bonds is 4. The molecule has 0 unspecified atom stereocenters. The summed E-state index contributed by atoms with van der Waals surface area (Å²) in [6.45, 7) is 18.7. The average molecular weight is 565 g/mol. The first kappa shape index (κ1) is 30.0. The van der Waals surface area contributed by atoms with Crippen molar-refractivity contribution in [2.75, 3.05) is 25.0 Å². The lowest BCUT2D eigenvalue weighted by molar-refractivity contribution is -0.0203. The number of ether oxygens (including phenoxy) is 1. The van der Waals surface area contributed by atoms with E-state index in [9.17, 15) is 9.59 Å². The number of nitrogens with one attached hydrogen (secondary N) is 1. The van der Waals surface area contributed by atoms with E-state index in [1.807, 2.05) is 68.4 Å². The molecule has 0 aromatic carbocycles. The highest BCUT2D eigenvalue weighted by atomic mass is 35.5. The Kier molecular flexibility index (Phi) is 8.88. The Labute approximate surface area is 236 Å². The van der Waals surface area contributed by atoms with Gasteiger partial charge in [0.25, 0.3) is 5.91 Å². The van der Waals surface area contributed by atoms with Crippen molar-refractivity contribution in [2.45, 2.75) is 79.9 Å². The Morgan fingerprint density at radius 1 is 1.13 bits per heavy atom. The van der Waals surface area contributed by atoms with Crippen molar-refractivity contribution in [3.05, 3.63) is 45.3 Å². The van der Waals surface area contributed by atoms with E-state index in [0.29, 0.717) is 19.6 Å². The van der Waals surface area contributed by atoms with Crippen LogP contribution in [0.3, 0.4) is 0 Å². The Morgan fingerprint density at radius 3 is 2.37 bits per heavy atom. The third-order valence-electron chi connectivity index (χ3n) is 6.43. The van der Waals surface area contributed by atoms with E-state index in [4.69, 9.17) is 27.9 Å². The highest BCUT2D eigenvalue weighted by Gasteiger charge is 2.41. The number of carbonyl (C=O) groups is 2. The van der Waals surface area contributed by atoms with Gasteiger partial charge in [-0.05, 0) is 56.7 Å². The van der Waals surface area contributed by atoms with Crippen LogP contribution in [0, 0.1) is 12.3 Å². The molecule has 2 aromatic heterocycles. The summed E-state index contributed by atoms with van der Waals surface area (Å²) in [5.74, 6) is 0.124. The molecular formula is C28H39Cl2N5O3. The minimum atomic E-state index is -0.616. The quantitative estimate of drug-likeness (QED) is 0.400. The van der Waals surface area contributed by atoms with Crippen molar-refractivity contribution in [1.29, 1.82) is 0 Å². The maximum atomic E-state index is 14.0. The monoisotopic (exact) mass is 563 g/mol. The topological polar surface area (TPSA) is 87.7 Å². The van der Waals surface area contributed by atoms with Crippen molar-refractivity contribution in [3.8, 4) is 0 Å². The van der Waals surface area contributed by atoms with Crippen LogP contribution in [0.5, 0.6) is 0 Å². The van der Waals surface area contributed by atoms with E-state index >= 15 is 0 Å². The maximum Gasteiger partial charge on any atom is 0.410 e. The summed E-state index contributed by atoms with van der Waals surface area (Å²) < 4.78 is 5.66. The number of amides is 2. The van der Waals surface area contributed by atoms with Crippen LogP contribution in [-0.4, -0.2) is 63.0 Å². The van der Waals surface area contributed by atoms with Gasteiger partial charge in [0.05, 0.1) is 22.4 Å². The predicted molar refractivity (Wildman–Crippen MR) is 153 cm³/mol. The zero-order chi connectivity index (χ0) is 28.6. The molecule has 1 aliphatic heterocycles. The second-order valence-electron chi connectivity index (χ2n) is 12.1. The summed E-state index contributed by atoms with van der Waals surface area (Å²) in [4.78, 5) is 39.4. The van der Waals surface area contributed by atoms with Crippen LogP contribution in [0.4, 0.5) is 16.3 Å². The first-order chi connectivity index (χ1) is 17.5. The smallest absolute Gasteiger partial charge is 0.410 e. The molecule has 1 N–H and O–H groups in total. The van der Waals surface area contributed by atoms with Gasteiger partial charge >= 0.3 is 6.09 Å². The lowest BCUT2D eigenvalue weighted by atomic mass is 9.84. The standard InChI is InChI=1S/C28H39Cl2N5O3/c1-16(2)22-23(17(3)10-11-31-22)33-24-21(18(29)14-20(30)32-24)25(36)34-12-13-35(19(15-34)27(4,5)6)26(37)38-28(7,8)9/h10-11,14,16,19H,12-13,15H2,1-9H3,(H,32,33)/t19-/m0/s1. The fourth-order valence-corrected chi connectivity index (χ4v) is 5.01. The molecule has 0 aliphatic carbocycles. The number of pyridine rings is 2. The third kappa shape index (κ3) is 6.89. The van der Waals surface area contributed by atoms with Crippen LogP contribution in [0.1, 0.15) is 82.9 Å². The van der Waals surface area contributed by atoms with Crippen molar-refractivity contribution >= 4 is 46.7 Å². The zero-order valence-corrected chi connectivity index (χ0v) is 25.3. The van der Waals surface area contributed by atoms with E-state index in [-0.39, 0.29) is 50.9 Å². The summed E-state index contributed by atoms with van der Waals surface area (Å²) in [7, 11) is 0. The number of nitrogens with zero attached hydrogens (tertiary/aromatic N) is 4. The number of anilines is 2. The molecule has 3 rings (SSSR count). The summed E-state index contributed by atoms with van der Waals surface area (Å²) >= 11 is 12.9. The number of carbonyl (C=O) groups excluding carboxylic acids is 2. The molecule has 208 valence electrons. The minimum Gasteiger partial charge on any atom is -0.444 e. The highest BCUT2D eigenvalue weighted by molar-refractivity contribution is 6.37. The molecule has 1 fully saturated rings. The fourth-order valence-electron chi connectivity index (χ4n) is 4.48. The van der Waals surface area contributed by atoms with E-state index in [2.05, 4.69) is 15.3 Å². The van der Waals surface area contributed by atoms with Gasteiger partial charge in [-0.15, -0.1) is 0 Å². The molecule has 38 heavy (non-hydrogen) atoms. The Morgan fingerprint density at radius 2 is 1.79 bits per heavy atom. The fraction of sp³-hybridized carbons (Fsp3) is 0.571. The van der Waals surface area contributed by atoms with Crippen LogP contribution in [0.25, 0.3) is 0 Å². The van der Waals surface area contributed by atoms with E-state index < -0.39 is 5.60 Å². The van der Waals surface area contributed by atoms with Crippen molar-refractivity contribution < 1.29 is 14.3 Å². The summed E-state index contributed by atoms with van der Waals surface area (Å²) in [5.41, 5.74) is 1.88. The van der Waals surface area contributed by atoms with Gasteiger partial charge in [-0.2, -0.15) is 0 Å². The second kappa shape index (κ2) is 11.3. The van der Waals surface area contributed by atoms with E-state index in [1.165, 1.54) is 6.07 Å². The Bertz CT molecular complexity index is 1200. The SMILES string of the molecule is Cc1ccnc(C(C)C)c1Nc1nc(Cl)cc(Cl)c1C(=O)N1CCN(C(=O)OC(C)(C)C)[C@H](C(C)(C)C)C1. The molecule has 8 nitrogen and oxygen atoms in total. The van der Waals surface area contributed by atoms with Gasteiger partial charge in [-0.25, -0.2) is 9.78 Å². The molecule has 0 spiro atoms. The molecule has 0 bridgehead atoms. The number of hydrogen-bond donors (Lipinski definition) is 1. The number of piperazine rings is 1. The van der Waals surface area contributed by atoms with Crippen molar-refractivity contribution in [3.63, 3.8) is 0 Å². The molecule has 1 aliphatic rings. The van der Waals surface area contributed by atoms with Crippen LogP contribution >= 0.6 is 23.2 Å². The van der Waals surface area contributed by atoms with Gasteiger partial charge in [-0.3, -0.25) is 9.78 Å². The lowest BCUT2D eigenvalue weighted by Crippen LogP contribution is -2.61. The number of aromatic nitrogens is 2. The van der Waals surface area contributed by atoms with Gasteiger partial charge in [0, 0.05) is 25.8 Å². The minimum absolute atomic E-state index is 0.139. The molecule has 0 radical (unpaired) electrons. The van der Waals surface area contributed by atoms with Gasteiger partial charge < -0.3 is 19.9 Å². The normalized spacial score (nSPS) is 16.6. The van der Waals surface area contributed by atoms with E-state index in [1.54, 1.807) is 16.0 Å². The zero-order valence-electron chi connectivity index (χ0n) is 23.8. The predicted octanol–water partition coefficient (Wildman–Crippen LogP) is 7.07. The van der Waals surface area contributed by atoms with Crippen molar-refractivity contribution in [2.24, 2.45) is 5.41 Å². The van der Waals surface area contributed by atoms with Crippen LogP contribution in [-0.2, 0) is 4.74 Å². The Balaban J connectivity index is 1.98. The number of aryl methyl sites for hydroxylation is 1. The molecule has 1 saturated heterocycles. The second-order valence-corrected chi connectivity index (χ2v) is 12.9. The van der Waals surface area contributed by atoms with Crippen molar-refractivity contribution in [1.82, 2.24) is 19.8 Å². The van der Waals surface area contributed by atoms with Crippen LogP contribution in [0.2, 0.25) is 10.2 Å². The van der Waals surface area contributed by atoms with Crippen LogP contribution in [0.15, 0.2) is 18.3 Å². The maximum absolute atomic E-state index is 14.0. The lowest BCUT2D eigenvalue weighted by Gasteiger charge is -2.47. The van der Waals surface area contributed by atoms with Gasteiger partial charge in [0.2, 0.25) is 0 Å².